The third kappa shape index (κ3) is 3.30. The van der Waals surface area contributed by atoms with Crippen LogP contribution in [0.5, 0.6) is 0 Å². The molecule has 1 fully saturated rings. The number of hydrogen-bond donors (Lipinski definition) is 0. The van der Waals surface area contributed by atoms with Crippen LogP contribution >= 0.6 is 23.5 Å². The zero-order chi connectivity index (χ0) is 16.5. The van der Waals surface area contributed by atoms with Crippen molar-refractivity contribution in [3.05, 3.63) is 24.3 Å². The highest BCUT2D eigenvalue weighted by Crippen LogP contribution is 2.38. The Morgan fingerprint density at radius 3 is 3.00 bits per heavy atom. The molecule has 0 N–H and O–H groups in total. The lowest BCUT2D eigenvalue weighted by molar-refractivity contribution is -0.116. The number of para-hydroxylation sites is 1. The normalized spacial score (nSPS) is 20.5. The number of nitrogens with zero attached hydrogens (tertiary/aromatic N) is 5. The fourth-order valence-electron chi connectivity index (χ4n) is 2.78. The molecule has 0 saturated heterocycles. The van der Waals surface area contributed by atoms with Crippen LogP contribution < -0.4 is 4.90 Å². The van der Waals surface area contributed by atoms with E-state index in [2.05, 4.69) is 28.5 Å². The Labute approximate surface area is 149 Å². The minimum absolute atomic E-state index is 0.118. The van der Waals surface area contributed by atoms with Gasteiger partial charge < -0.3 is 4.90 Å². The van der Waals surface area contributed by atoms with Crippen molar-refractivity contribution in [2.75, 3.05) is 17.2 Å². The summed E-state index contributed by atoms with van der Waals surface area (Å²) in [6.45, 7) is 2.98. The van der Waals surface area contributed by atoms with Gasteiger partial charge in [0.2, 0.25) is 11.1 Å². The number of carbonyl (C=O) groups excluding carboxylic acids is 1. The summed E-state index contributed by atoms with van der Waals surface area (Å²) >= 11 is 3.28. The molecular formula is C16H19N5OS2. The minimum atomic E-state index is 0.118. The van der Waals surface area contributed by atoms with E-state index in [0.29, 0.717) is 17.0 Å². The van der Waals surface area contributed by atoms with Crippen LogP contribution in [0.1, 0.15) is 32.2 Å². The molecule has 6 nitrogen and oxygen atoms in total. The van der Waals surface area contributed by atoms with Crippen molar-refractivity contribution in [3.63, 3.8) is 0 Å². The van der Waals surface area contributed by atoms with Gasteiger partial charge in [-0.2, -0.15) is 0 Å². The molecule has 1 saturated carbocycles. The number of thioether (sulfide) groups is 2. The zero-order valence-corrected chi connectivity index (χ0v) is 15.1. The zero-order valence-electron chi connectivity index (χ0n) is 13.5. The van der Waals surface area contributed by atoms with Crippen molar-refractivity contribution < 1.29 is 4.79 Å². The number of benzene rings is 1. The average molecular weight is 361 g/mol. The number of hydrogen-bond acceptors (Lipinski definition) is 6. The van der Waals surface area contributed by atoms with Gasteiger partial charge in [0.1, 0.15) is 0 Å². The molecule has 0 radical (unpaired) electrons. The molecule has 0 unspecified atom stereocenters. The smallest absolute Gasteiger partial charge is 0.237 e. The molecule has 24 heavy (non-hydrogen) atoms. The van der Waals surface area contributed by atoms with Crippen LogP contribution in [0.15, 0.2) is 34.3 Å². The van der Waals surface area contributed by atoms with Crippen LogP contribution in [-0.2, 0) is 4.79 Å². The Balaban J connectivity index is 1.48. The van der Waals surface area contributed by atoms with Crippen molar-refractivity contribution in [1.82, 2.24) is 20.2 Å². The fraction of sp³-hybridized carbons (Fsp3) is 0.500. The van der Waals surface area contributed by atoms with Gasteiger partial charge in [-0.05, 0) is 41.8 Å². The topological polar surface area (TPSA) is 63.9 Å². The first-order chi connectivity index (χ1) is 11.7. The highest BCUT2D eigenvalue weighted by Gasteiger charge is 2.29. The molecule has 2 heterocycles. The molecular weight excluding hydrogens is 342 g/mol. The first-order valence-electron chi connectivity index (χ1n) is 8.19. The predicted molar refractivity (Wildman–Crippen MR) is 95.5 cm³/mol. The quantitative estimate of drug-likeness (QED) is 0.780. The number of tetrazole rings is 1. The standard InChI is InChI=1S/C16H19N5OS2/c1-11-8-9-20(13-4-2-3-5-14(13)24-11)15(22)10-23-16-17-18-19-21(16)12-6-7-12/h2-5,11-12H,6-10H2,1H3/t11-/m1/s1. The summed E-state index contributed by atoms with van der Waals surface area (Å²) in [5.41, 5.74) is 1.03. The highest BCUT2D eigenvalue weighted by molar-refractivity contribution is 8.00. The van der Waals surface area contributed by atoms with Crippen molar-refractivity contribution in [1.29, 1.82) is 0 Å². The molecule has 1 atom stereocenters. The van der Waals surface area contributed by atoms with Gasteiger partial charge in [-0.25, -0.2) is 4.68 Å². The molecule has 0 spiro atoms. The van der Waals surface area contributed by atoms with Crippen molar-refractivity contribution in [2.45, 2.75) is 47.5 Å². The maximum atomic E-state index is 12.8. The first-order valence-corrected chi connectivity index (χ1v) is 10.1. The number of anilines is 1. The van der Waals surface area contributed by atoms with Crippen LogP contribution in [0.25, 0.3) is 0 Å². The van der Waals surface area contributed by atoms with Crippen LogP contribution in [-0.4, -0.2) is 43.7 Å². The maximum absolute atomic E-state index is 12.8. The molecule has 0 bridgehead atoms. The molecule has 2 aromatic rings. The molecule has 1 aromatic carbocycles. The van der Waals surface area contributed by atoms with Gasteiger partial charge in [0.15, 0.2) is 0 Å². The van der Waals surface area contributed by atoms with Gasteiger partial charge in [-0.1, -0.05) is 30.8 Å². The van der Waals surface area contributed by atoms with E-state index in [9.17, 15) is 4.79 Å². The summed E-state index contributed by atoms with van der Waals surface area (Å²) in [4.78, 5) is 15.9. The van der Waals surface area contributed by atoms with Gasteiger partial charge in [-0.3, -0.25) is 4.79 Å². The number of fused-ring (bicyclic) bond motifs is 1. The number of carbonyl (C=O) groups is 1. The Bertz CT molecular complexity index is 746. The van der Waals surface area contributed by atoms with Crippen LogP contribution in [0.3, 0.4) is 0 Å². The second-order valence-corrected chi connectivity index (χ2v) is 8.58. The number of amides is 1. The summed E-state index contributed by atoms with van der Waals surface area (Å²) in [6.07, 6.45) is 3.25. The van der Waals surface area contributed by atoms with Crippen LogP contribution in [0, 0.1) is 0 Å². The summed E-state index contributed by atoms with van der Waals surface area (Å²) in [6, 6.07) is 8.59. The van der Waals surface area contributed by atoms with E-state index in [-0.39, 0.29) is 5.91 Å². The Morgan fingerprint density at radius 1 is 1.33 bits per heavy atom. The molecule has 4 rings (SSSR count). The molecule has 1 aliphatic carbocycles. The third-order valence-corrected chi connectivity index (χ3v) is 6.38. The summed E-state index contributed by atoms with van der Waals surface area (Å²) < 4.78 is 1.85. The van der Waals surface area contributed by atoms with E-state index >= 15 is 0 Å². The third-order valence-electron chi connectivity index (χ3n) is 4.22. The lowest BCUT2D eigenvalue weighted by Crippen LogP contribution is -2.33. The first kappa shape index (κ1) is 16.0. The van der Waals surface area contributed by atoms with E-state index < -0.39 is 0 Å². The van der Waals surface area contributed by atoms with Crippen LogP contribution in [0.2, 0.25) is 0 Å². The molecule has 2 aliphatic rings. The van der Waals surface area contributed by atoms with E-state index in [1.807, 2.05) is 39.5 Å². The van der Waals surface area contributed by atoms with Crippen LogP contribution in [0.4, 0.5) is 5.69 Å². The van der Waals surface area contributed by atoms with Gasteiger partial charge in [0, 0.05) is 16.7 Å². The van der Waals surface area contributed by atoms with Crippen molar-refractivity contribution >= 4 is 35.1 Å². The summed E-state index contributed by atoms with van der Waals surface area (Å²) in [7, 11) is 0. The Kier molecular flexibility index (Phi) is 4.49. The minimum Gasteiger partial charge on any atom is -0.311 e. The number of rotatable bonds is 4. The summed E-state index contributed by atoms with van der Waals surface area (Å²) in [5.74, 6) is 0.480. The summed E-state index contributed by atoms with van der Waals surface area (Å²) in [5, 5.41) is 13.1. The highest BCUT2D eigenvalue weighted by atomic mass is 32.2. The fourth-order valence-corrected chi connectivity index (χ4v) is 4.71. The molecule has 1 aliphatic heterocycles. The van der Waals surface area contributed by atoms with E-state index in [1.165, 1.54) is 16.7 Å². The van der Waals surface area contributed by atoms with Gasteiger partial charge in [0.25, 0.3) is 0 Å². The van der Waals surface area contributed by atoms with Gasteiger partial charge >= 0.3 is 0 Å². The van der Waals surface area contributed by atoms with Gasteiger partial charge in [0.05, 0.1) is 17.5 Å². The maximum Gasteiger partial charge on any atom is 0.237 e. The van der Waals surface area contributed by atoms with Crippen molar-refractivity contribution in [2.24, 2.45) is 0 Å². The van der Waals surface area contributed by atoms with E-state index in [4.69, 9.17) is 0 Å². The molecule has 8 heteroatoms. The molecule has 1 aromatic heterocycles. The Hall–Kier alpha value is -1.54. The lowest BCUT2D eigenvalue weighted by Gasteiger charge is -2.22. The largest absolute Gasteiger partial charge is 0.311 e. The molecule has 1 amide bonds. The lowest BCUT2D eigenvalue weighted by atomic mass is 10.2. The van der Waals surface area contributed by atoms with Gasteiger partial charge in [-0.15, -0.1) is 16.9 Å². The predicted octanol–water partition coefficient (Wildman–Crippen LogP) is 3.02. The molecule has 126 valence electrons. The Morgan fingerprint density at radius 2 is 2.17 bits per heavy atom. The average Bonchev–Trinajstić information content (AvgIpc) is 3.35. The van der Waals surface area contributed by atoms with E-state index in [0.717, 1.165) is 36.7 Å². The number of aromatic nitrogens is 4. The SMILES string of the molecule is C[C@@H]1CCN(C(=O)CSc2nnnn2C2CC2)c2ccccc2S1. The second kappa shape index (κ2) is 6.76. The monoisotopic (exact) mass is 361 g/mol. The van der Waals surface area contributed by atoms with Crippen molar-refractivity contribution in [3.8, 4) is 0 Å². The van der Waals surface area contributed by atoms with E-state index in [1.54, 1.807) is 0 Å². The second-order valence-electron chi connectivity index (χ2n) is 6.16.